The van der Waals surface area contributed by atoms with Crippen LogP contribution in [0.5, 0.6) is 5.75 Å². The molecule has 3 aromatic carbocycles. The van der Waals surface area contributed by atoms with Crippen molar-refractivity contribution in [2.24, 2.45) is 0 Å². The fraction of sp³-hybridized carbons (Fsp3) is 0.174. The molecule has 0 heterocycles. The number of para-hydroxylation sites is 1. The molecule has 1 amide bonds. The Morgan fingerprint density at radius 1 is 0.926 bits per heavy atom. The Hall–Kier alpha value is -3.11. The average Bonchev–Trinajstić information content (AvgIpc) is 2.67. The lowest BCUT2D eigenvalue weighted by Gasteiger charge is -2.13. The second kappa shape index (κ2) is 9.01. The van der Waals surface area contributed by atoms with Crippen LogP contribution in [-0.4, -0.2) is 24.9 Å². The maximum Gasteiger partial charge on any atom is 0.256 e. The fourth-order valence-electron chi connectivity index (χ4n) is 2.86. The molecule has 0 aliphatic rings. The van der Waals surface area contributed by atoms with Crippen molar-refractivity contribution in [3.05, 3.63) is 95.6 Å². The number of anilines is 1. The minimum atomic E-state index is -0.135. The molecule has 0 spiro atoms. The van der Waals surface area contributed by atoms with Crippen molar-refractivity contribution in [2.45, 2.75) is 13.2 Å². The van der Waals surface area contributed by atoms with Gasteiger partial charge in [0.1, 0.15) is 12.4 Å². The standard InChI is InChI=1S/C23H24N2O2/c1-25(2)16-18-9-8-11-20(15-18)24-23(26)22-14-7-6-10-19(22)17-27-21-12-4-3-5-13-21/h3-15H,16-17H2,1-2H3,(H,24,26). The highest BCUT2D eigenvalue weighted by Crippen LogP contribution is 2.17. The Balaban J connectivity index is 1.71. The van der Waals surface area contributed by atoms with Crippen LogP contribution < -0.4 is 10.1 Å². The molecule has 0 saturated carbocycles. The van der Waals surface area contributed by atoms with Crippen molar-refractivity contribution < 1.29 is 9.53 Å². The summed E-state index contributed by atoms with van der Waals surface area (Å²) in [5, 5.41) is 3.00. The zero-order valence-electron chi connectivity index (χ0n) is 15.7. The number of amides is 1. The Kier molecular flexibility index (Phi) is 6.23. The van der Waals surface area contributed by atoms with Gasteiger partial charge in [0.05, 0.1) is 0 Å². The first-order chi connectivity index (χ1) is 13.1. The summed E-state index contributed by atoms with van der Waals surface area (Å²) in [4.78, 5) is 14.9. The fourth-order valence-corrected chi connectivity index (χ4v) is 2.86. The molecule has 0 aromatic heterocycles. The third-order valence-electron chi connectivity index (χ3n) is 4.08. The third-order valence-corrected chi connectivity index (χ3v) is 4.08. The molecule has 0 radical (unpaired) electrons. The number of carbonyl (C=O) groups is 1. The van der Waals surface area contributed by atoms with Gasteiger partial charge in [0.25, 0.3) is 5.91 Å². The van der Waals surface area contributed by atoms with Crippen molar-refractivity contribution in [3.63, 3.8) is 0 Å². The van der Waals surface area contributed by atoms with E-state index in [4.69, 9.17) is 4.74 Å². The van der Waals surface area contributed by atoms with Crippen LogP contribution in [0.25, 0.3) is 0 Å². The summed E-state index contributed by atoms with van der Waals surface area (Å²) in [7, 11) is 4.04. The van der Waals surface area contributed by atoms with Crippen molar-refractivity contribution in [3.8, 4) is 5.75 Å². The summed E-state index contributed by atoms with van der Waals surface area (Å²) in [6.07, 6.45) is 0. The van der Waals surface area contributed by atoms with Gasteiger partial charge in [-0.1, -0.05) is 48.5 Å². The number of hydrogen-bond acceptors (Lipinski definition) is 3. The van der Waals surface area contributed by atoms with Gasteiger partial charge in [-0.05, 0) is 50.0 Å². The van der Waals surface area contributed by atoms with Crippen molar-refractivity contribution in [2.75, 3.05) is 19.4 Å². The van der Waals surface area contributed by atoms with Gasteiger partial charge in [0.2, 0.25) is 0 Å². The minimum Gasteiger partial charge on any atom is -0.489 e. The van der Waals surface area contributed by atoms with Gasteiger partial charge in [-0.15, -0.1) is 0 Å². The number of hydrogen-bond donors (Lipinski definition) is 1. The van der Waals surface area contributed by atoms with Crippen LogP contribution in [0.1, 0.15) is 21.5 Å². The lowest BCUT2D eigenvalue weighted by Crippen LogP contribution is -2.16. The van der Waals surface area contributed by atoms with E-state index in [2.05, 4.69) is 16.3 Å². The van der Waals surface area contributed by atoms with Crippen LogP contribution in [0.15, 0.2) is 78.9 Å². The van der Waals surface area contributed by atoms with E-state index in [0.29, 0.717) is 12.2 Å². The van der Waals surface area contributed by atoms with Crippen molar-refractivity contribution in [1.82, 2.24) is 4.90 Å². The van der Waals surface area contributed by atoms with E-state index in [1.165, 1.54) is 0 Å². The van der Waals surface area contributed by atoms with Crippen LogP contribution in [0.3, 0.4) is 0 Å². The summed E-state index contributed by atoms with van der Waals surface area (Å²) in [6, 6.07) is 25.0. The number of rotatable bonds is 7. The largest absolute Gasteiger partial charge is 0.489 e. The van der Waals surface area contributed by atoms with E-state index in [1.807, 2.05) is 86.9 Å². The van der Waals surface area contributed by atoms with E-state index >= 15 is 0 Å². The molecule has 0 saturated heterocycles. The first-order valence-electron chi connectivity index (χ1n) is 8.92. The molecule has 4 nitrogen and oxygen atoms in total. The van der Waals surface area contributed by atoms with E-state index in [0.717, 1.165) is 29.1 Å². The van der Waals surface area contributed by atoms with Crippen LogP contribution >= 0.6 is 0 Å². The van der Waals surface area contributed by atoms with E-state index in [1.54, 1.807) is 0 Å². The maximum absolute atomic E-state index is 12.8. The van der Waals surface area contributed by atoms with E-state index in [-0.39, 0.29) is 5.91 Å². The van der Waals surface area contributed by atoms with Crippen LogP contribution in [0, 0.1) is 0 Å². The first kappa shape index (κ1) is 18.7. The molecular formula is C23H24N2O2. The number of benzene rings is 3. The maximum atomic E-state index is 12.8. The molecule has 0 aliphatic carbocycles. The molecule has 3 aromatic rings. The van der Waals surface area contributed by atoms with Gasteiger partial charge in [-0.25, -0.2) is 0 Å². The summed E-state index contributed by atoms with van der Waals surface area (Å²) in [6.45, 7) is 1.17. The SMILES string of the molecule is CN(C)Cc1cccc(NC(=O)c2ccccc2COc2ccccc2)c1. The molecule has 0 unspecified atom stereocenters. The molecule has 0 fully saturated rings. The molecule has 1 N–H and O–H groups in total. The summed E-state index contributed by atoms with van der Waals surface area (Å²) in [5.41, 5.74) is 3.41. The summed E-state index contributed by atoms with van der Waals surface area (Å²) in [5.74, 6) is 0.647. The number of nitrogens with one attached hydrogen (secondary N) is 1. The van der Waals surface area contributed by atoms with Crippen LogP contribution in [0.4, 0.5) is 5.69 Å². The van der Waals surface area contributed by atoms with Crippen LogP contribution in [0.2, 0.25) is 0 Å². The normalized spacial score (nSPS) is 10.6. The van der Waals surface area contributed by atoms with Crippen LogP contribution in [-0.2, 0) is 13.2 Å². The predicted octanol–water partition coefficient (Wildman–Crippen LogP) is 4.58. The Bertz CT molecular complexity index is 892. The quantitative estimate of drug-likeness (QED) is 0.670. The van der Waals surface area contributed by atoms with Gasteiger partial charge < -0.3 is 15.0 Å². The number of nitrogens with zero attached hydrogens (tertiary/aromatic N) is 1. The zero-order chi connectivity index (χ0) is 19.1. The van der Waals surface area contributed by atoms with Gasteiger partial charge in [0.15, 0.2) is 0 Å². The highest BCUT2D eigenvalue weighted by Gasteiger charge is 2.12. The lowest BCUT2D eigenvalue weighted by molar-refractivity contribution is 0.102. The molecule has 4 heteroatoms. The third kappa shape index (κ3) is 5.43. The highest BCUT2D eigenvalue weighted by molar-refractivity contribution is 6.05. The molecule has 0 atom stereocenters. The second-order valence-electron chi connectivity index (χ2n) is 6.65. The van der Waals surface area contributed by atoms with Crippen molar-refractivity contribution in [1.29, 1.82) is 0 Å². The first-order valence-corrected chi connectivity index (χ1v) is 8.92. The molecule has 0 aliphatic heterocycles. The summed E-state index contributed by atoms with van der Waals surface area (Å²) < 4.78 is 5.81. The molecule has 0 bridgehead atoms. The van der Waals surface area contributed by atoms with E-state index < -0.39 is 0 Å². The molecule has 27 heavy (non-hydrogen) atoms. The van der Waals surface area contributed by atoms with Gasteiger partial charge >= 0.3 is 0 Å². The zero-order valence-corrected chi connectivity index (χ0v) is 15.7. The Morgan fingerprint density at radius 3 is 2.44 bits per heavy atom. The molecular weight excluding hydrogens is 336 g/mol. The van der Waals surface area contributed by atoms with Gasteiger partial charge in [-0.2, -0.15) is 0 Å². The van der Waals surface area contributed by atoms with Crippen molar-refractivity contribution >= 4 is 11.6 Å². The molecule has 138 valence electrons. The Labute approximate surface area is 160 Å². The summed E-state index contributed by atoms with van der Waals surface area (Å²) >= 11 is 0. The number of ether oxygens (including phenoxy) is 1. The molecule has 3 rings (SSSR count). The van der Waals surface area contributed by atoms with Gasteiger partial charge in [0, 0.05) is 23.4 Å². The topological polar surface area (TPSA) is 41.6 Å². The number of carbonyl (C=O) groups excluding carboxylic acids is 1. The predicted molar refractivity (Wildman–Crippen MR) is 109 cm³/mol. The van der Waals surface area contributed by atoms with Gasteiger partial charge in [-0.3, -0.25) is 4.79 Å². The average molecular weight is 360 g/mol. The second-order valence-corrected chi connectivity index (χ2v) is 6.65. The smallest absolute Gasteiger partial charge is 0.256 e. The Morgan fingerprint density at radius 2 is 1.67 bits per heavy atom. The lowest BCUT2D eigenvalue weighted by atomic mass is 10.1. The van der Waals surface area contributed by atoms with E-state index in [9.17, 15) is 4.79 Å². The minimum absolute atomic E-state index is 0.135. The highest BCUT2D eigenvalue weighted by atomic mass is 16.5. The monoisotopic (exact) mass is 360 g/mol.